The number of para-hydroxylation sites is 1. The number of sulfonamides is 1. The van der Waals surface area contributed by atoms with Crippen molar-refractivity contribution in [1.82, 2.24) is 8.87 Å². The SMILES string of the molecule is Nc1ccc(CN(CCc2cn(CC(=O)O)c3ccccc23)S(=O)(=O)c2ccccc2)cc1. The average Bonchev–Trinajstić information content (AvgIpc) is 3.15. The summed E-state index contributed by atoms with van der Waals surface area (Å²) in [4.78, 5) is 11.5. The van der Waals surface area contributed by atoms with Gasteiger partial charge in [0.1, 0.15) is 6.54 Å². The highest BCUT2D eigenvalue weighted by Crippen LogP contribution is 2.24. The van der Waals surface area contributed by atoms with E-state index in [0.29, 0.717) is 12.1 Å². The molecule has 3 aromatic carbocycles. The summed E-state index contributed by atoms with van der Waals surface area (Å²) in [6.07, 6.45) is 2.24. The maximum absolute atomic E-state index is 13.5. The number of nitrogen functional groups attached to an aromatic ring is 1. The molecule has 1 aromatic heterocycles. The van der Waals surface area contributed by atoms with Gasteiger partial charge in [-0.15, -0.1) is 0 Å². The lowest BCUT2D eigenvalue weighted by molar-refractivity contribution is -0.137. The fraction of sp³-hybridized carbons (Fsp3) is 0.160. The third-order valence-corrected chi connectivity index (χ3v) is 7.39. The molecule has 33 heavy (non-hydrogen) atoms. The molecule has 0 saturated carbocycles. The van der Waals surface area contributed by atoms with Crippen molar-refractivity contribution in [1.29, 1.82) is 0 Å². The van der Waals surface area contributed by atoms with Crippen molar-refractivity contribution < 1.29 is 18.3 Å². The molecule has 0 aliphatic carbocycles. The fourth-order valence-electron chi connectivity index (χ4n) is 3.90. The lowest BCUT2D eigenvalue weighted by Crippen LogP contribution is -2.32. The highest BCUT2D eigenvalue weighted by Gasteiger charge is 2.25. The van der Waals surface area contributed by atoms with Crippen LogP contribution >= 0.6 is 0 Å². The van der Waals surface area contributed by atoms with E-state index < -0.39 is 16.0 Å². The molecule has 0 amide bonds. The Hall–Kier alpha value is -3.62. The standard InChI is InChI=1S/C25H25N3O4S/c26-21-12-10-19(11-13-21)16-28(33(31,32)22-6-2-1-3-7-22)15-14-20-17-27(18-25(29)30)24-9-5-4-8-23(20)24/h1-13,17H,14-16,18,26H2,(H,29,30). The summed E-state index contributed by atoms with van der Waals surface area (Å²) < 4.78 is 30.1. The first-order valence-corrected chi connectivity index (χ1v) is 12.0. The number of nitrogens with zero attached hydrogens (tertiary/aromatic N) is 2. The van der Waals surface area contributed by atoms with Crippen molar-refractivity contribution in [2.75, 3.05) is 12.3 Å². The first-order valence-electron chi connectivity index (χ1n) is 10.5. The van der Waals surface area contributed by atoms with Crippen molar-refractivity contribution in [3.05, 3.63) is 96.2 Å². The largest absolute Gasteiger partial charge is 0.480 e. The molecule has 0 bridgehead atoms. The number of carboxylic acids is 1. The van der Waals surface area contributed by atoms with Crippen molar-refractivity contribution in [3.63, 3.8) is 0 Å². The zero-order valence-electron chi connectivity index (χ0n) is 18.0. The number of aromatic nitrogens is 1. The van der Waals surface area contributed by atoms with Crippen LogP contribution in [0.15, 0.2) is 90.0 Å². The maximum atomic E-state index is 13.5. The predicted octanol–water partition coefficient (Wildman–Crippen LogP) is 3.74. The monoisotopic (exact) mass is 463 g/mol. The van der Waals surface area contributed by atoms with E-state index in [1.54, 1.807) is 53.2 Å². The minimum absolute atomic E-state index is 0.155. The minimum Gasteiger partial charge on any atom is -0.480 e. The lowest BCUT2D eigenvalue weighted by Gasteiger charge is -2.22. The molecule has 170 valence electrons. The van der Waals surface area contributed by atoms with Crippen LogP contribution in [0, 0.1) is 0 Å². The molecule has 0 radical (unpaired) electrons. The molecule has 8 heteroatoms. The molecular weight excluding hydrogens is 438 g/mol. The number of carboxylic acid groups (broad SMARTS) is 1. The first kappa shape index (κ1) is 22.6. The zero-order valence-corrected chi connectivity index (χ0v) is 18.8. The van der Waals surface area contributed by atoms with Crippen LogP contribution in [-0.4, -0.2) is 34.9 Å². The van der Waals surface area contributed by atoms with E-state index in [1.165, 1.54) is 4.31 Å². The smallest absolute Gasteiger partial charge is 0.323 e. The Kier molecular flexibility index (Phi) is 6.48. The van der Waals surface area contributed by atoms with Crippen LogP contribution in [0.2, 0.25) is 0 Å². The van der Waals surface area contributed by atoms with Crippen LogP contribution in [0.4, 0.5) is 5.69 Å². The molecule has 4 aromatic rings. The van der Waals surface area contributed by atoms with Gasteiger partial charge < -0.3 is 15.4 Å². The van der Waals surface area contributed by atoms with Crippen LogP contribution in [0.25, 0.3) is 10.9 Å². The summed E-state index contributed by atoms with van der Waals surface area (Å²) in [6, 6.07) is 23.1. The highest BCUT2D eigenvalue weighted by atomic mass is 32.2. The average molecular weight is 464 g/mol. The molecule has 0 unspecified atom stereocenters. The second kappa shape index (κ2) is 9.48. The number of benzene rings is 3. The van der Waals surface area contributed by atoms with Gasteiger partial charge in [0.2, 0.25) is 10.0 Å². The minimum atomic E-state index is -3.74. The number of fused-ring (bicyclic) bond motifs is 1. The van der Waals surface area contributed by atoms with E-state index in [1.807, 2.05) is 36.4 Å². The normalized spacial score (nSPS) is 11.8. The quantitative estimate of drug-likeness (QED) is 0.368. The van der Waals surface area contributed by atoms with Crippen molar-refractivity contribution in [2.45, 2.75) is 24.4 Å². The Bertz CT molecular complexity index is 1360. The van der Waals surface area contributed by atoms with Gasteiger partial charge in [0, 0.05) is 35.9 Å². The van der Waals surface area contributed by atoms with Gasteiger partial charge in [0.25, 0.3) is 0 Å². The Morgan fingerprint density at radius 2 is 1.61 bits per heavy atom. The van der Waals surface area contributed by atoms with E-state index in [0.717, 1.165) is 22.0 Å². The lowest BCUT2D eigenvalue weighted by atomic mass is 10.1. The fourth-order valence-corrected chi connectivity index (χ4v) is 5.35. The van der Waals surface area contributed by atoms with Crippen LogP contribution < -0.4 is 5.73 Å². The molecule has 0 fully saturated rings. The van der Waals surface area contributed by atoms with Gasteiger partial charge in [0.15, 0.2) is 0 Å². The number of hydrogen-bond acceptors (Lipinski definition) is 4. The molecule has 4 rings (SSSR count). The molecule has 0 saturated heterocycles. The number of hydrogen-bond donors (Lipinski definition) is 2. The Balaban J connectivity index is 1.66. The molecule has 0 aliphatic heterocycles. The van der Waals surface area contributed by atoms with Gasteiger partial charge in [0.05, 0.1) is 4.90 Å². The third-order valence-electron chi connectivity index (χ3n) is 5.53. The van der Waals surface area contributed by atoms with Crippen molar-refractivity contribution >= 4 is 32.6 Å². The molecule has 0 spiro atoms. The first-order chi connectivity index (χ1) is 15.8. The van der Waals surface area contributed by atoms with Crippen LogP contribution in [-0.2, 0) is 34.3 Å². The number of rotatable bonds is 9. The molecule has 0 atom stereocenters. The predicted molar refractivity (Wildman–Crippen MR) is 128 cm³/mol. The summed E-state index contributed by atoms with van der Waals surface area (Å²) in [6.45, 7) is 0.284. The zero-order chi connectivity index (χ0) is 23.4. The van der Waals surface area contributed by atoms with E-state index in [-0.39, 0.29) is 24.5 Å². The summed E-state index contributed by atoms with van der Waals surface area (Å²) in [5, 5.41) is 10.2. The number of nitrogens with two attached hydrogens (primary N) is 1. The highest BCUT2D eigenvalue weighted by molar-refractivity contribution is 7.89. The van der Waals surface area contributed by atoms with E-state index in [9.17, 15) is 18.3 Å². The third kappa shape index (κ3) is 5.08. The second-order valence-corrected chi connectivity index (χ2v) is 9.77. The molecule has 3 N–H and O–H groups in total. The summed E-state index contributed by atoms with van der Waals surface area (Å²) in [5.74, 6) is -0.932. The Morgan fingerprint density at radius 1 is 0.939 bits per heavy atom. The second-order valence-electron chi connectivity index (χ2n) is 7.84. The number of anilines is 1. The van der Waals surface area contributed by atoms with Crippen LogP contribution in [0.3, 0.4) is 0 Å². The number of carbonyl (C=O) groups is 1. The maximum Gasteiger partial charge on any atom is 0.323 e. The van der Waals surface area contributed by atoms with Gasteiger partial charge in [-0.3, -0.25) is 4.79 Å². The van der Waals surface area contributed by atoms with Gasteiger partial charge in [-0.25, -0.2) is 8.42 Å². The number of aliphatic carboxylic acids is 1. The summed E-state index contributed by atoms with van der Waals surface area (Å²) in [5.41, 5.74) is 8.94. The van der Waals surface area contributed by atoms with E-state index >= 15 is 0 Å². The molecule has 7 nitrogen and oxygen atoms in total. The van der Waals surface area contributed by atoms with Gasteiger partial charge in [-0.2, -0.15) is 4.31 Å². The van der Waals surface area contributed by atoms with Crippen LogP contribution in [0.5, 0.6) is 0 Å². The topological polar surface area (TPSA) is 106 Å². The van der Waals surface area contributed by atoms with E-state index in [2.05, 4.69) is 0 Å². The summed E-state index contributed by atoms with van der Waals surface area (Å²) >= 11 is 0. The van der Waals surface area contributed by atoms with Crippen LogP contribution in [0.1, 0.15) is 11.1 Å². The van der Waals surface area contributed by atoms with Gasteiger partial charge in [-0.1, -0.05) is 48.5 Å². The van der Waals surface area contributed by atoms with Gasteiger partial charge >= 0.3 is 5.97 Å². The van der Waals surface area contributed by atoms with E-state index in [4.69, 9.17) is 5.73 Å². The molecular formula is C25H25N3O4S. The molecule has 1 heterocycles. The summed E-state index contributed by atoms with van der Waals surface area (Å²) in [7, 11) is -3.74. The molecule has 0 aliphatic rings. The Labute approximate surface area is 192 Å². The van der Waals surface area contributed by atoms with Gasteiger partial charge in [-0.05, 0) is 47.9 Å². The van der Waals surface area contributed by atoms with Crippen molar-refractivity contribution in [3.8, 4) is 0 Å². The Morgan fingerprint density at radius 3 is 2.30 bits per heavy atom. The van der Waals surface area contributed by atoms with Crippen molar-refractivity contribution in [2.24, 2.45) is 0 Å².